The summed E-state index contributed by atoms with van der Waals surface area (Å²) < 4.78 is 33.0. The standard InChI is InChI=1S/C24H24N4O4S/c1-5-33(30,31)27-24(29)21-14-20(17-9-11-19(32-4)12-10-17)22-16(3)26-28(23(22)25-21)18-8-6-7-15(2)13-18/h6-14H,5H2,1-4H3,(H,27,29). The molecule has 2 aromatic carbocycles. The van der Waals surface area contributed by atoms with Crippen molar-refractivity contribution in [3.63, 3.8) is 0 Å². The molecule has 2 aromatic heterocycles. The molecule has 33 heavy (non-hydrogen) atoms. The Labute approximate surface area is 192 Å². The lowest BCUT2D eigenvalue weighted by Gasteiger charge is -2.11. The first kappa shape index (κ1) is 22.5. The maximum absolute atomic E-state index is 12.9. The molecule has 1 amide bonds. The Bertz CT molecular complexity index is 1460. The van der Waals surface area contributed by atoms with Gasteiger partial charge in [-0.1, -0.05) is 24.3 Å². The Morgan fingerprint density at radius 1 is 1.09 bits per heavy atom. The van der Waals surface area contributed by atoms with Crippen LogP contribution in [0.5, 0.6) is 5.75 Å². The largest absolute Gasteiger partial charge is 0.497 e. The molecule has 0 atom stereocenters. The molecule has 0 saturated heterocycles. The van der Waals surface area contributed by atoms with Crippen molar-refractivity contribution in [3.05, 3.63) is 71.5 Å². The van der Waals surface area contributed by atoms with Crippen molar-refractivity contribution in [3.8, 4) is 22.6 Å². The number of ether oxygens (including phenoxy) is 1. The molecule has 0 aliphatic rings. The summed E-state index contributed by atoms with van der Waals surface area (Å²) in [4.78, 5) is 17.4. The average molecular weight is 465 g/mol. The van der Waals surface area contributed by atoms with E-state index in [1.807, 2.05) is 62.4 Å². The summed E-state index contributed by atoms with van der Waals surface area (Å²) in [5.41, 5.74) is 4.57. The van der Waals surface area contributed by atoms with Crippen LogP contribution in [-0.4, -0.2) is 42.0 Å². The number of benzene rings is 2. The first-order chi connectivity index (χ1) is 15.7. The number of rotatable bonds is 6. The van der Waals surface area contributed by atoms with Gasteiger partial charge in [0.1, 0.15) is 11.4 Å². The molecular formula is C24H24N4O4S. The van der Waals surface area contributed by atoms with Crippen LogP contribution in [0.15, 0.2) is 54.6 Å². The van der Waals surface area contributed by atoms with Crippen molar-refractivity contribution >= 4 is 27.0 Å². The van der Waals surface area contributed by atoms with Gasteiger partial charge < -0.3 is 4.74 Å². The highest BCUT2D eigenvalue weighted by atomic mass is 32.2. The van der Waals surface area contributed by atoms with E-state index in [1.54, 1.807) is 17.9 Å². The molecule has 0 spiro atoms. The molecule has 0 aliphatic carbocycles. The van der Waals surface area contributed by atoms with E-state index in [0.29, 0.717) is 11.4 Å². The Morgan fingerprint density at radius 3 is 2.45 bits per heavy atom. The molecule has 1 N–H and O–H groups in total. The first-order valence-electron chi connectivity index (χ1n) is 10.4. The fourth-order valence-corrected chi connectivity index (χ4v) is 4.14. The summed E-state index contributed by atoms with van der Waals surface area (Å²) in [6.07, 6.45) is 0. The zero-order valence-electron chi connectivity index (χ0n) is 18.8. The summed E-state index contributed by atoms with van der Waals surface area (Å²) in [5, 5.41) is 5.47. The van der Waals surface area contributed by atoms with Gasteiger partial charge in [-0.3, -0.25) is 4.79 Å². The van der Waals surface area contributed by atoms with Gasteiger partial charge in [-0.25, -0.2) is 22.8 Å². The topological polar surface area (TPSA) is 103 Å². The van der Waals surface area contributed by atoms with Crippen LogP contribution in [0.25, 0.3) is 27.8 Å². The summed E-state index contributed by atoms with van der Waals surface area (Å²) >= 11 is 0. The number of nitrogens with one attached hydrogen (secondary N) is 1. The summed E-state index contributed by atoms with van der Waals surface area (Å²) in [6, 6.07) is 16.8. The van der Waals surface area contributed by atoms with Crippen LogP contribution < -0.4 is 9.46 Å². The number of carbonyl (C=O) groups is 1. The van der Waals surface area contributed by atoms with E-state index < -0.39 is 15.9 Å². The third kappa shape index (κ3) is 4.45. The minimum atomic E-state index is -3.75. The number of sulfonamides is 1. The van der Waals surface area contributed by atoms with E-state index in [-0.39, 0.29) is 11.4 Å². The number of amides is 1. The SMILES string of the molecule is CCS(=O)(=O)NC(=O)c1cc(-c2ccc(OC)cc2)c2c(C)nn(-c3cccc(C)c3)c2n1. The predicted octanol–water partition coefficient (Wildman–Crippen LogP) is 3.79. The average Bonchev–Trinajstić information content (AvgIpc) is 3.15. The second kappa shape index (κ2) is 8.67. The Balaban J connectivity index is 1.99. The quantitative estimate of drug-likeness (QED) is 0.466. The molecule has 0 unspecified atom stereocenters. The number of hydrogen-bond donors (Lipinski definition) is 1. The van der Waals surface area contributed by atoms with Gasteiger partial charge >= 0.3 is 0 Å². The van der Waals surface area contributed by atoms with Crippen LogP contribution in [-0.2, 0) is 10.0 Å². The van der Waals surface area contributed by atoms with Gasteiger partial charge in [-0.15, -0.1) is 0 Å². The van der Waals surface area contributed by atoms with Gasteiger partial charge in [-0.2, -0.15) is 5.10 Å². The number of hydrogen-bond acceptors (Lipinski definition) is 6. The first-order valence-corrected chi connectivity index (χ1v) is 12.0. The van der Waals surface area contributed by atoms with Crippen LogP contribution in [0.1, 0.15) is 28.7 Å². The Hall–Kier alpha value is -3.72. The Kier molecular flexibility index (Phi) is 5.90. The number of carbonyl (C=O) groups excluding carboxylic acids is 1. The molecule has 2 heterocycles. The van der Waals surface area contributed by atoms with E-state index >= 15 is 0 Å². The van der Waals surface area contributed by atoms with Crippen LogP contribution in [0, 0.1) is 13.8 Å². The third-order valence-electron chi connectivity index (χ3n) is 5.32. The molecule has 0 fully saturated rings. The van der Waals surface area contributed by atoms with Crippen LogP contribution in [0.2, 0.25) is 0 Å². The number of aromatic nitrogens is 3. The monoisotopic (exact) mass is 464 g/mol. The molecule has 170 valence electrons. The maximum atomic E-state index is 12.9. The lowest BCUT2D eigenvalue weighted by atomic mass is 10.0. The van der Waals surface area contributed by atoms with Crippen LogP contribution in [0.4, 0.5) is 0 Å². The lowest BCUT2D eigenvalue weighted by molar-refractivity contribution is 0.0977. The summed E-state index contributed by atoms with van der Waals surface area (Å²) in [5.74, 6) is -0.307. The number of nitrogens with zero attached hydrogens (tertiary/aromatic N) is 3. The van der Waals surface area contributed by atoms with Crippen molar-refractivity contribution in [1.82, 2.24) is 19.5 Å². The molecule has 0 saturated carbocycles. The van der Waals surface area contributed by atoms with Gasteiger partial charge in [0.15, 0.2) is 5.65 Å². The van der Waals surface area contributed by atoms with Gasteiger partial charge in [0.25, 0.3) is 5.91 Å². The van der Waals surface area contributed by atoms with E-state index in [1.165, 1.54) is 6.92 Å². The summed E-state index contributed by atoms with van der Waals surface area (Å²) in [6.45, 7) is 5.32. The number of methoxy groups -OCH3 is 1. The van der Waals surface area contributed by atoms with Crippen LogP contribution in [0.3, 0.4) is 0 Å². The number of fused-ring (bicyclic) bond motifs is 1. The lowest BCUT2D eigenvalue weighted by Crippen LogP contribution is -2.32. The van der Waals surface area contributed by atoms with Crippen LogP contribution >= 0.6 is 0 Å². The Morgan fingerprint density at radius 2 is 1.82 bits per heavy atom. The molecule has 9 heteroatoms. The highest BCUT2D eigenvalue weighted by molar-refractivity contribution is 7.90. The fraction of sp³-hybridized carbons (Fsp3) is 0.208. The number of aryl methyl sites for hydroxylation is 2. The van der Waals surface area contributed by atoms with Crippen molar-refractivity contribution in [2.75, 3.05) is 12.9 Å². The van der Waals surface area contributed by atoms with Gasteiger partial charge in [-0.05, 0) is 67.8 Å². The zero-order valence-corrected chi connectivity index (χ0v) is 19.6. The normalized spacial score (nSPS) is 11.5. The van der Waals surface area contributed by atoms with E-state index in [2.05, 4.69) is 9.71 Å². The minimum absolute atomic E-state index is 0.0147. The molecular weight excluding hydrogens is 440 g/mol. The van der Waals surface area contributed by atoms with E-state index in [4.69, 9.17) is 9.84 Å². The van der Waals surface area contributed by atoms with E-state index in [9.17, 15) is 13.2 Å². The molecule has 4 aromatic rings. The van der Waals surface area contributed by atoms with E-state index in [0.717, 1.165) is 33.5 Å². The predicted molar refractivity (Wildman–Crippen MR) is 127 cm³/mol. The molecule has 4 rings (SSSR count). The minimum Gasteiger partial charge on any atom is -0.497 e. The molecule has 0 bridgehead atoms. The number of pyridine rings is 1. The second-order valence-electron chi connectivity index (χ2n) is 7.65. The van der Waals surface area contributed by atoms with Crippen molar-refractivity contribution in [2.24, 2.45) is 0 Å². The third-order valence-corrected chi connectivity index (χ3v) is 6.58. The van der Waals surface area contributed by atoms with Gasteiger partial charge in [0.2, 0.25) is 10.0 Å². The molecule has 0 radical (unpaired) electrons. The second-order valence-corrected chi connectivity index (χ2v) is 9.66. The molecule has 8 nitrogen and oxygen atoms in total. The van der Waals surface area contributed by atoms with Crippen molar-refractivity contribution in [1.29, 1.82) is 0 Å². The van der Waals surface area contributed by atoms with Crippen molar-refractivity contribution < 1.29 is 17.9 Å². The van der Waals surface area contributed by atoms with Gasteiger partial charge in [0, 0.05) is 0 Å². The highest BCUT2D eigenvalue weighted by Gasteiger charge is 2.22. The van der Waals surface area contributed by atoms with Gasteiger partial charge in [0.05, 0.1) is 29.6 Å². The van der Waals surface area contributed by atoms with Crippen molar-refractivity contribution in [2.45, 2.75) is 20.8 Å². The smallest absolute Gasteiger partial charge is 0.283 e. The maximum Gasteiger partial charge on any atom is 0.283 e. The summed E-state index contributed by atoms with van der Waals surface area (Å²) in [7, 11) is -2.16. The fourth-order valence-electron chi connectivity index (χ4n) is 3.61. The zero-order chi connectivity index (χ0) is 23.8. The molecule has 0 aliphatic heterocycles. The highest BCUT2D eigenvalue weighted by Crippen LogP contribution is 2.33.